The number of nitriles is 1. The van der Waals surface area contributed by atoms with Gasteiger partial charge in [0.15, 0.2) is 0 Å². The first-order valence-electron chi connectivity index (χ1n) is 7.07. The molecule has 2 rings (SSSR count). The average Bonchev–Trinajstić information content (AvgIpc) is 2.46. The highest BCUT2D eigenvalue weighted by Crippen LogP contribution is 2.20. The van der Waals surface area contributed by atoms with Gasteiger partial charge in [-0.15, -0.1) is 0 Å². The molecule has 1 fully saturated rings. The maximum Gasteiger partial charge on any atom is 0.136 e. The molecule has 0 aliphatic carbocycles. The van der Waals surface area contributed by atoms with Crippen molar-refractivity contribution in [2.75, 3.05) is 26.8 Å². The molecule has 1 heterocycles. The second-order valence-electron chi connectivity index (χ2n) is 5.79. The van der Waals surface area contributed by atoms with Crippen LogP contribution in [0, 0.1) is 11.3 Å². The fraction of sp³-hybridized carbons (Fsp3) is 0.562. The number of benzene rings is 1. The lowest BCUT2D eigenvalue weighted by Gasteiger charge is -2.36. The van der Waals surface area contributed by atoms with Crippen LogP contribution < -0.4 is 10.1 Å². The summed E-state index contributed by atoms with van der Waals surface area (Å²) in [6.07, 6.45) is 0.0578. The Morgan fingerprint density at radius 2 is 2.29 bits per heavy atom. The fourth-order valence-electron chi connectivity index (χ4n) is 2.40. The van der Waals surface area contributed by atoms with Crippen LogP contribution in [-0.4, -0.2) is 38.5 Å². The van der Waals surface area contributed by atoms with Crippen molar-refractivity contribution in [3.63, 3.8) is 0 Å². The van der Waals surface area contributed by atoms with Crippen molar-refractivity contribution < 1.29 is 14.2 Å². The Bertz CT molecular complexity index is 523. The molecule has 5 heteroatoms. The van der Waals surface area contributed by atoms with Gasteiger partial charge in [0.25, 0.3) is 0 Å². The molecule has 0 bridgehead atoms. The van der Waals surface area contributed by atoms with Crippen LogP contribution in [0.3, 0.4) is 0 Å². The van der Waals surface area contributed by atoms with Gasteiger partial charge in [-0.05, 0) is 31.5 Å². The Morgan fingerprint density at radius 3 is 2.95 bits per heavy atom. The minimum Gasteiger partial charge on any atom is -0.495 e. The molecule has 5 nitrogen and oxygen atoms in total. The molecule has 114 valence electrons. The molecule has 1 unspecified atom stereocenters. The summed E-state index contributed by atoms with van der Waals surface area (Å²) < 4.78 is 16.8. The summed E-state index contributed by atoms with van der Waals surface area (Å²) in [5, 5.41) is 12.4. The Labute approximate surface area is 125 Å². The maximum absolute atomic E-state index is 9.06. The van der Waals surface area contributed by atoms with E-state index in [1.54, 1.807) is 19.2 Å². The number of methoxy groups -OCH3 is 1. The van der Waals surface area contributed by atoms with Crippen LogP contribution in [0.5, 0.6) is 5.75 Å². The normalized spacial score (nSPS) is 20.8. The van der Waals surface area contributed by atoms with E-state index >= 15 is 0 Å². The zero-order chi connectivity index (χ0) is 15.3. The van der Waals surface area contributed by atoms with Gasteiger partial charge in [-0.25, -0.2) is 0 Å². The van der Waals surface area contributed by atoms with Crippen molar-refractivity contribution >= 4 is 0 Å². The second kappa shape index (κ2) is 6.90. The quantitative estimate of drug-likeness (QED) is 0.896. The molecule has 0 radical (unpaired) electrons. The molecule has 1 atom stereocenters. The van der Waals surface area contributed by atoms with Gasteiger partial charge in [0.1, 0.15) is 11.8 Å². The van der Waals surface area contributed by atoms with Gasteiger partial charge in [-0.2, -0.15) is 5.26 Å². The molecule has 1 N–H and O–H groups in total. The summed E-state index contributed by atoms with van der Waals surface area (Å²) in [6, 6.07) is 7.61. The summed E-state index contributed by atoms with van der Waals surface area (Å²) in [6.45, 7) is 6.77. The standard InChI is InChI=1S/C16H22N2O3/c1-16(2)11-18-8-14(21-16)10-20-9-12-4-5-15(19-3)13(6-12)7-17/h4-6,14,18H,8-11H2,1-3H3. The van der Waals surface area contributed by atoms with E-state index in [0.717, 1.165) is 18.7 Å². The molecular formula is C16H22N2O3. The van der Waals surface area contributed by atoms with Crippen LogP contribution in [0.25, 0.3) is 0 Å². The second-order valence-corrected chi connectivity index (χ2v) is 5.79. The molecule has 0 aromatic heterocycles. The fourth-order valence-corrected chi connectivity index (χ4v) is 2.40. The number of morpholine rings is 1. The molecular weight excluding hydrogens is 268 g/mol. The molecule has 1 aliphatic rings. The smallest absolute Gasteiger partial charge is 0.136 e. The van der Waals surface area contributed by atoms with E-state index in [0.29, 0.717) is 24.5 Å². The molecule has 0 spiro atoms. The summed E-state index contributed by atoms with van der Waals surface area (Å²) >= 11 is 0. The Kier molecular flexibility index (Phi) is 5.18. The van der Waals surface area contributed by atoms with E-state index in [1.807, 2.05) is 6.07 Å². The van der Waals surface area contributed by atoms with Gasteiger partial charge >= 0.3 is 0 Å². The minimum absolute atomic E-state index is 0.0578. The Balaban J connectivity index is 1.85. The molecule has 1 aromatic carbocycles. The number of nitrogens with zero attached hydrogens (tertiary/aromatic N) is 1. The van der Waals surface area contributed by atoms with E-state index in [2.05, 4.69) is 25.2 Å². The number of rotatable bonds is 5. The highest BCUT2D eigenvalue weighted by molar-refractivity contribution is 5.45. The summed E-state index contributed by atoms with van der Waals surface area (Å²) in [5.41, 5.74) is 1.33. The highest BCUT2D eigenvalue weighted by Gasteiger charge is 2.28. The first kappa shape index (κ1) is 15.8. The Morgan fingerprint density at radius 1 is 1.48 bits per heavy atom. The molecule has 1 aromatic rings. The third-order valence-corrected chi connectivity index (χ3v) is 3.37. The lowest BCUT2D eigenvalue weighted by Crippen LogP contribution is -2.51. The van der Waals surface area contributed by atoms with Gasteiger partial charge in [-0.3, -0.25) is 0 Å². The lowest BCUT2D eigenvalue weighted by molar-refractivity contribution is -0.122. The monoisotopic (exact) mass is 290 g/mol. The summed E-state index contributed by atoms with van der Waals surface area (Å²) in [7, 11) is 1.56. The van der Waals surface area contributed by atoms with Crippen LogP contribution in [-0.2, 0) is 16.1 Å². The SMILES string of the molecule is COc1ccc(COCC2CNCC(C)(C)O2)cc1C#N. The zero-order valence-electron chi connectivity index (χ0n) is 12.8. The van der Waals surface area contributed by atoms with Crippen molar-refractivity contribution in [3.05, 3.63) is 29.3 Å². The van der Waals surface area contributed by atoms with E-state index in [-0.39, 0.29) is 11.7 Å². The van der Waals surface area contributed by atoms with Crippen molar-refractivity contribution in [1.29, 1.82) is 5.26 Å². The lowest BCUT2D eigenvalue weighted by atomic mass is 10.1. The molecule has 1 saturated heterocycles. The van der Waals surface area contributed by atoms with Crippen LogP contribution in [0.15, 0.2) is 18.2 Å². The van der Waals surface area contributed by atoms with Gasteiger partial charge in [0.2, 0.25) is 0 Å². The van der Waals surface area contributed by atoms with Gasteiger partial charge in [0, 0.05) is 13.1 Å². The van der Waals surface area contributed by atoms with E-state index in [9.17, 15) is 0 Å². The number of hydrogen-bond donors (Lipinski definition) is 1. The van der Waals surface area contributed by atoms with Crippen molar-refractivity contribution in [2.24, 2.45) is 0 Å². The Hall–Kier alpha value is -1.61. The molecule has 0 amide bonds. The van der Waals surface area contributed by atoms with Crippen molar-refractivity contribution in [1.82, 2.24) is 5.32 Å². The van der Waals surface area contributed by atoms with Gasteiger partial charge in [-0.1, -0.05) is 6.07 Å². The zero-order valence-corrected chi connectivity index (χ0v) is 12.8. The number of ether oxygens (including phenoxy) is 3. The predicted molar refractivity (Wildman–Crippen MR) is 79.2 cm³/mol. The predicted octanol–water partition coefficient (Wildman–Crippen LogP) is 1.85. The highest BCUT2D eigenvalue weighted by atomic mass is 16.5. The average molecular weight is 290 g/mol. The van der Waals surface area contributed by atoms with E-state index < -0.39 is 0 Å². The van der Waals surface area contributed by atoms with E-state index in [1.165, 1.54) is 0 Å². The minimum atomic E-state index is -0.152. The topological polar surface area (TPSA) is 63.5 Å². The van der Waals surface area contributed by atoms with Gasteiger partial charge in [0.05, 0.1) is 37.6 Å². The van der Waals surface area contributed by atoms with Crippen LogP contribution in [0.2, 0.25) is 0 Å². The molecule has 21 heavy (non-hydrogen) atoms. The number of nitrogens with one attached hydrogen (secondary N) is 1. The van der Waals surface area contributed by atoms with Gasteiger partial charge < -0.3 is 19.5 Å². The number of hydrogen-bond acceptors (Lipinski definition) is 5. The van der Waals surface area contributed by atoms with Crippen LogP contribution in [0.4, 0.5) is 0 Å². The first-order valence-corrected chi connectivity index (χ1v) is 7.07. The summed E-state index contributed by atoms with van der Waals surface area (Å²) in [5.74, 6) is 0.586. The molecule has 0 saturated carbocycles. The first-order chi connectivity index (χ1) is 10.0. The van der Waals surface area contributed by atoms with Crippen molar-refractivity contribution in [3.8, 4) is 11.8 Å². The third-order valence-electron chi connectivity index (χ3n) is 3.37. The van der Waals surface area contributed by atoms with Crippen LogP contribution >= 0.6 is 0 Å². The summed E-state index contributed by atoms with van der Waals surface area (Å²) in [4.78, 5) is 0. The maximum atomic E-state index is 9.06. The largest absolute Gasteiger partial charge is 0.495 e. The molecule has 1 aliphatic heterocycles. The van der Waals surface area contributed by atoms with Crippen molar-refractivity contribution in [2.45, 2.75) is 32.2 Å². The van der Waals surface area contributed by atoms with Crippen LogP contribution in [0.1, 0.15) is 25.0 Å². The third kappa shape index (κ3) is 4.43. The van der Waals surface area contributed by atoms with E-state index in [4.69, 9.17) is 19.5 Å².